The van der Waals surface area contributed by atoms with Crippen LogP contribution in [0.5, 0.6) is 5.75 Å². The van der Waals surface area contributed by atoms with Crippen LogP contribution in [0.3, 0.4) is 0 Å². The van der Waals surface area contributed by atoms with Crippen molar-refractivity contribution >= 4 is 28.7 Å². The molecule has 1 aliphatic carbocycles. The first-order valence-electron chi connectivity index (χ1n) is 11.9. The first-order chi connectivity index (χ1) is 18.1. The number of imidazole rings is 1. The quantitative estimate of drug-likeness (QED) is 0.177. The maximum atomic E-state index is 13.4. The summed E-state index contributed by atoms with van der Waals surface area (Å²) in [5.74, 6) is -0.965. The van der Waals surface area contributed by atoms with Crippen molar-refractivity contribution in [1.82, 2.24) is 19.9 Å². The Morgan fingerprint density at radius 3 is 2.61 bits per heavy atom. The minimum Gasteiger partial charge on any atom is -0.506 e. The van der Waals surface area contributed by atoms with Gasteiger partial charge in [0.25, 0.3) is 5.91 Å². The van der Waals surface area contributed by atoms with E-state index in [2.05, 4.69) is 26.0 Å². The number of anilines is 3. The summed E-state index contributed by atoms with van der Waals surface area (Å²) in [7, 11) is 0. The lowest BCUT2D eigenvalue weighted by Gasteiger charge is -2.14. The third kappa shape index (κ3) is 5.63. The molecule has 2 aromatic heterocycles. The first-order valence-corrected chi connectivity index (χ1v) is 11.9. The van der Waals surface area contributed by atoms with Gasteiger partial charge in [0.15, 0.2) is 11.5 Å². The average Bonchev–Trinajstić information content (AvgIpc) is 3.55. The number of benzene rings is 2. The summed E-state index contributed by atoms with van der Waals surface area (Å²) in [6, 6.07) is 10.4. The Balaban J connectivity index is 1.52. The predicted octanol–water partition coefficient (Wildman–Crippen LogP) is 5.55. The molecule has 198 valence electrons. The van der Waals surface area contributed by atoms with Crippen molar-refractivity contribution in [3.8, 4) is 17.0 Å². The van der Waals surface area contributed by atoms with Crippen LogP contribution >= 0.6 is 0 Å². The molecule has 0 unspecified atom stereocenters. The number of nitrogens with zero attached hydrogens (tertiary/aromatic N) is 3. The van der Waals surface area contributed by atoms with Crippen LogP contribution in [0.2, 0.25) is 0 Å². The number of amides is 1. The number of aryl methyl sites for hydroxylation is 1. The van der Waals surface area contributed by atoms with Gasteiger partial charge in [-0.15, -0.1) is 5.10 Å². The van der Waals surface area contributed by atoms with Gasteiger partial charge in [-0.25, -0.2) is 13.9 Å². The van der Waals surface area contributed by atoms with Gasteiger partial charge in [-0.1, -0.05) is 6.07 Å². The topological polar surface area (TPSA) is 104 Å². The number of rotatable bonds is 8. The van der Waals surface area contributed by atoms with Gasteiger partial charge in [0.1, 0.15) is 11.6 Å². The van der Waals surface area contributed by atoms with Gasteiger partial charge < -0.3 is 21.1 Å². The molecule has 5 rings (SSSR count). The zero-order chi connectivity index (χ0) is 27.0. The fourth-order valence-corrected chi connectivity index (χ4v) is 4.01. The number of carbonyl (C=O) groups excluding carboxylic acids is 1. The Labute approximate surface area is 214 Å². The van der Waals surface area contributed by atoms with Crippen LogP contribution in [-0.4, -0.2) is 44.4 Å². The van der Waals surface area contributed by atoms with Crippen LogP contribution in [0.15, 0.2) is 48.7 Å². The second-order valence-electron chi connectivity index (χ2n) is 9.18. The number of alkyl halides is 3. The van der Waals surface area contributed by atoms with Gasteiger partial charge in [-0.2, -0.15) is 13.2 Å². The SMILES string of the molecule is Cc1cc(-c2cnc3c(NCCC(F)(F)F)cc(Nc4ccc(F)cc4O)nn23)ccc1C(=O)NC1CC1. The fourth-order valence-electron chi connectivity index (χ4n) is 4.01. The van der Waals surface area contributed by atoms with E-state index in [-0.39, 0.29) is 40.5 Å². The molecule has 12 heteroatoms. The molecule has 2 heterocycles. The van der Waals surface area contributed by atoms with Crippen molar-refractivity contribution < 1.29 is 27.5 Å². The number of hydrogen-bond donors (Lipinski definition) is 4. The maximum absolute atomic E-state index is 13.4. The molecule has 0 saturated heterocycles. The molecule has 1 saturated carbocycles. The standard InChI is InChI=1S/C26H24F4N6O2/c1-14-10-15(2-6-18(14)25(38)33-17-4-5-17)21-13-32-24-20(31-9-8-26(28,29)30)12-23(35-36(21)24)34-19-7-3-16(27)11-22(19)37/h2-3,6-7,10-13,17,31,37H,4-5,8-9H2,1H3,(H,33,38)(H,34,35). The van der Waals surface area contributed by atoms with Crippen molar-refractivity contribution in [2.75, 3.05) is 17.2 Å². The smallest absolute Gasteiger partial charge is 0.390 e. The fraction of sp³-hybridized carbons (Fsp3) is 0.269. The summed E-state index contributed by atoms with van der Waals surface area (Å²) in [4.78, 5) is 16.9. The van der Waals surface area contributed by atoms with Crippen molar-refractivity contribution in [3.63, 3.8) is 0 Å². The zero-order valence-electron chi connectivity index (χ0n) is 20.2. The highest BCUT2D eigenvalue weighted by Crippen LogP contribution is 2.31. The zero-order valence-corrected chi connectivity index (χ0v) is 20.2. The summed E-state index contributed by atoms with van der Waals surface area (Å²) in [5.41, 5.74) is 3.22. The van der Waals surface area contributed by atoms with Crippen LogP contribution in [0.4, 0.5) is 34.8 Å². The molecule has 1 fully saturated rings. The summed E-state index contributed by atoms with van der Waals surface area (Å²) < 4.78 is 53.2. The van der Waals surface area contributed by atoms with Gasteiger partial charge in [0.05, 0.1) is 29.7 Å². The second kappa shape index (κ2) is 9.84. The third-order valence-electron chi connectivity index (χ3n) is 6.09. The molecule has 0 aliphatic heterocycles. The Hall–Kier alpha value is -4.35. The summed E-state index contributed by atoms with van der Waals surface area (Å²) >= 11 is 0. The molecular weight excluding hydrogens is 504 g/mol. The van der Waals surface area contributed by atoms with E-state index in [0.29, 0.717) is 16.8 Å². The van der Waals surface area contributed by atoms with Crippen molar-refractivity contribution in [2.24, 2.45) is 0 Å². The minimum atomic E-state index is -4.34. The van der Waals surface area contributed by atoms with E-state index in [1.165, 1.54) is 22.8 Å². The number of aromatic hydroxyl groups is 1. The number of fused-ring (bicyclic) bond motifs is 1. The molecule has 2 aromatic carbocycles. The molecule has 4 aromatic rings. The van der Waals surface area contributed by atoms with E-state index in [4.69, 9.17) is 0 Å². The largest absolute Gasteiger partial charge is 0.506 e. The highest BCUT2D eigenvalue weighted by Gasteiger charge is 2.27. The van der Waals surface area contributed by atoms with Crippen LogP contribution in [0.25, 0.3) is 16.9 Å². The predicted molar refractivity (Wildman–Crippen MR) is 134 cm³/mol. The molecule has 0 spiro atoms. The lowest BCUT2D eigenvalue weighted by Crippen LogP contribution is -2.26. The average molecular weight is 529 g/mol. The molecule has 38 heavy (non-hydrogen) atoms. The Bertz CT molecular complexity index is 1510. The van der Waals surface area contributed by atoms with Crippen molar-refractivity contribution in [1.29, 1.82) is 0 Å². The number of nitrogens with one attached hydrogen (secondary N) is 3. The molecule has 0 bridgehead atoms. The lowest BCUT2D eigenvalue weighted by molar-refractivity contribution is -0.131. The normalized spacial score (nSPS) is 13.5. The van der Waals surface area contributed by atoms with E-state index in [0.717, 1.165) is 30.5 Å². The third-order valence-corrected chi connectivity index (χ3v) is 6.09. The Kier molecular flexibility index (Phi) is 6.55. The number of hydrogen-bond acceptors (Lipinski definition) is 6. The van der Waals surface area contributed by atoms with E-state index in [1.807, 2.05) is 13.0 Å². The van der Waals surface area contributed by atoms with Gasteiger partial charge in [-0.3, -0.25) is 4.79 Å². The summed E-state index contributed by atoms with van der Waals surface area (Å²) in [6.45, 7) is 1.42. The molecule has 0 atom stereocenters. The summed E-state index contributed by atoms with van der Waals surface area (Å²) in [6.07, 6.45) is -1.91. The maximum Gasteiger partial charge on any atom is 0.390 e. The lowest BCUT2D eigenvalue weighted by atomic mass is 10.0. The number of phenols is 1. The Morgan fingerprint density at radius 2 is 1.92 bits per heavy atom. The molecule has 4 N–H and O–H groups in total. The minimum absolute atomic E-state index is 0.144. The number of aromatic nitrogens is 3. The monoisotopic (exact) mass is 528 g/mol. The van der Waals surface area contributed by atoms with Crippen LogP contribution in [-0.2, 0) is 0 Å². The highest BCUT2D eigenvalue weighted by molar-refractivity contribution is 5.96. The number of phenolic OH excluding ortho intramolecular Hbond substituents is 1. The first kappa shape index (κ1) is 25.3. The van der Waals surface area contributed by atoms with Gasteiger partial charge in [0.2, 0.25) is 0 Å². The second-order valence-corrected chi connectivity index (χ2v) is 9.18. The van der Waals surface area contributed by atoms with Crippen LogP contribution in [0, 0.1) is 12.7 Å². The van der Waals surface area contributed by atoms with Crippen molar-refractivity contribution in [2.45, 2.75) is 38.4 Å². The number of halogens is 4. The highest BCUT2D eigenvalue weighted by atomic mass is 19.4. The van der Waals surface area contributed by atoms with Gasteiger partial charge in [-0.05, 0) is 49.6 Å². The molecule has 0 radical (unpaired) electrons. The van der Waals surface area contributed by atoms with Crippen molar-refractivity contribution in [3.05, 3.63) is 65.6 Å². The Morgan fingerprint density at radius 1 is 1.13 bits per heavy atom. The van der Waals surface area contributed by atoms with E-state index in [9.17, 15) is 27.5 Å². The van der Waals surface area contributed by atoms with Crippen LogP contribution < -0.4 is 16.0 Å². The number of carbonyl (C=O) groups is 1. The summed E-state index contributed by atoms with van der Waals surface area (Å²) in [5, 5.41) is 23.2. The van der Waals surface area contributed by atoms with Crippen LogP contribution in [0.1, 0.15) is 35.2 Å². The van der Waals surface area contributed by atoms with E-state index < -0.39 is 25.0 Å². The molecular formula is C26H24F4N6O2. The molecule has 8 nitrogen and oxygen atoms in total. The van der Waals surface area contributed by atoms with Gasteiger partial charge >= 0.3 is 6.18 Å². The van der Waals surface area contributed by atoms with E-state index >= 15 is 0 Å². The molecule has 1 amide bonds. The van der Waals surface area contributed by atoms with E-state index in [1.54, 1.807) is 12.1 Å². The van der Waals surface area contributed by atoms with Gasteiger partial charge in [0, 0.05) is 35.8 Å². The molecule has 1 aliphatic rings.